The predicted octanol–water partition coefficient (Wildman–Crippen LogP) is 2.37. The summed E-state index contributed by atoms with van der Waals surface area (Å²) in [6.45, 7) is 2.14. The third kappa shape index (κ3) is 1.09. The van der Waals surface area contributed by atoms with Gasteiger partial charge >= 0.3 is 0 Å². The third-order valence-corrected chi connectivity index (χ3v) is 2.15. The molecule has 1 aliphatic rings. The van der Waals surface area contributed by atoms with Gasteiger partial charge in [-0.15, -0.1) is 11.6 Å². The molecule has 0 aromatic carbocycles. The fourth-order valence-electron chi connectivity index (χ4n) is 0.963. The van der Waals surface area contributed by atoms with E-state index in [0.29, 0.717) is 5.38 Å². The van der Waals surface area contributed by atoms with Crippen LogP contribution in [0.5, 0.6) is 0 Å². The Morgan fingerprint density at radius 2 is 2.43 bits per heavy atom. The van der Waals surface area contributed by atoms with Crippen LogP contribution in [0.1, 0.15) is 26.2 Å². The molecule has 0 N–H and O–H groups in total. The monoisotopic (exact) mass is 117 g/mol. The normalized spacial score (nSPS) is 34.3. The lowest BCUT2D eigenvalue weighted by Gasteiger charge is -2.01. The van der Waals surface area contributed by atoms with Crippen molar-refractivity contribution in [2.24, 2.45) is 0 Å². The van der Waals surface area contributed by atoms with Crippen LogP contribution in [-0.2, 0) is 0 Å². The molecule has 1 unspecified atom stereocenters. The van der Waals surface area contributed by atoms with Crippen LogP contribution in [0, 0.1) is 5.92 Å². The van der Waals surface area contributed by atoms with Crippen LogP contribution in [-0.4, -0.2) is 5.38 Å². The van der Waals surface area contributed by atoms with Crippen LogP contribution < -0.4 is 0 Å². The standard InChI is InChI=1S/C6H10Cl/c1-5-3-2-4-6(5)7/h6H,2-4H2,1H3. The Labute approximate surface area is 49.9 Å². The van der Waals surface area contributed by atoms with E-state index in [1.807, 2.05) is 0 Å². The van der Waals surface area contributed by atoms with Crippen LogP contribution in [0.3, 0.4) is 0 Å². The summed E-state index contributed by atoms with van der Waals surface area (Å²) < 4.78 is 0. The largest absolute Gasteiger partial charge is 0.122 e. The molecule has 0 saturated heterocycles. The maximum Gasteiger partial charge on any atom is 0.0395 e. The van der Waals surface area contributed by atoms with Gasteiger partial charge in [0.1, 0.15) is 0 Å². The molecule has 41 valence electrons. The molecule has 0 aromatic heterocycles. The van der Waals surface area contributed by atoms with E-state index < -0.39 is 0 Å². The Morgan fingerprint density at radius 3 is 2.57 bits per heavy atom. The maximum absolute atomic E-state index is 5.83. The fourth-order valence-corrected chi connectivity index (χ4v) is 1.23. The molecule has 1 heteroatoms. The molecule has 0 aromatic rings. The summed E-state index contributed by atoms with van der Waals surface area (Å²) in [5, 5.41) is 0.403. The van der Waals surface area contributed by atoms with Gasteiger partial charge in [-0.25, -0.2) is 0 Å². The molecule has 7 heavy (non-hydrogen) atoms. The lowest BCUT2D eigenvalue weighted by molar-refractivity contribution is 0.889. The summed E-state index contributed by atoms with van der Waals surface area (Å²) in [4.78, 5) is 0. The Balaban J connectivity index is 2.33. The molecule has 1 atom stereocenters. The van der Waals surface area contributed by atoms with Crippen LogP contribution in [0.25, 0.3) is 0 Å². The van der Waals surface area contributed by atoms with Crippen LogP contribution in [0.15, 0.2) is 0 Å². The summed E-state index contributed by atoms with van der Waals surface area (Å²) in [6.07, 6.45) is 3.77. The SMILES string of the molecule is C[C]1CCCC1Cl. The molecule has 1 saturated carbocycles. The number of hydrogen-bond donors (Lipinski definition) is 0. The summed E-state index contributed by atoms with van der Waals surface area (Å²) >= 11 is 5.83. The summed E-state index contributed by atoms with van der Waals surface area (Å²) in [6, 6.07) is 0. The number of hydrogen-bond acceptors (Lipinski definition) is 0. The van der Waals surface area contributed by atoms with Gasteiger partial charge in [0, 0.05) is 5.38 Å². The molecular weight excluding hydrogens is 108 g/mol. The van der Waals surface area contributed by atoms with E-state index in [9.17, 15) is 0 Å². The lowest BCUT2D eigenvalue weighted by Crippen LogP contribution is -1.97. The van der Waals surface area contributed by atoms with E-state index in [4.69, 9.17) is 11.6 Å². The van der Waals surface area contributed by atoms with Gasteiger partial charge in [0.15, 0.2) is 0 Å². The van der Waals surface area contributed by atoms with Crippen molar-refractivity contribution < 1.29 is 0 Å². The third-order valence-electron chi connectivity index (χ3n) is 1.56. The zero-order valence-corrected chi connectivity index (χ0v) is 5.33. The number of rotatable bonds is 0. The smallest absolute Gasteiger partial charge is 0.0395 e. The second-order valence-electron chi connectivity index (χ2n) is 2.21. The molecule has 1 aliphatic carbocycles. The van der Waals surface area contributed by atoms with Crippen molar-refractivity contribution >= 4 is 11.6 Å². The van der Waals surface area contributed by atoms with E-state index in [1.165, 1.54) is 25.2 Å². The zero-order chi connectivity index (χ0) is 5.28. The van der Waals surface area contributed by atoms with E-state index in [2.05, 4.69) is 6.92 Å². The maximum atomic E-state index is 5.83. The lowest BCUT2D eigenvalue weighted by atomic mass is 10.1. The summed E-state index contributed by atoms with van der Waals surface area (Å²) in [5.74, 6) is 1.47. The fraction of sp³-hybridized carbons (Fsp3) is 0.833. The van der Waals surface area contributed by atoms with Crippen LogP contribution in [0.4, 0.5) is 0 Å². The van der Waals surface area contributed by atoms with Crippen molar-refractivity contribution in [2.45, 2.75) is 31.6 Å². The van der Waals surface area contributed by atoms with Gasteiger partial charge in [0.05, 0.1) is 0 Å². The van der Waals surface area contributed by atoms with Gasteiger partial charge < -0.3 is 0 Å². The predicted molar refractivity (Wildman–Crippen MR) is 32.4 cm³/mol. The van der Waals surface area contributed by atoms with Gasteiger partial charge in [-0.05, 0) is 18.8 Å². The first-order valence-electron chi connectivity index (χ1n) is 2.77. The molecular formula is C6H10Cl. The number of alkyl halides is 1. The van der Waals surface area contributed by atoms with E-state index in [0.717, 1.165) is 0 Å². The van der Waals surface area contributed by atoms with Crippen LogP contribution in [0.2, 0.25) is 0 Å². The van der Waals surface area contributed by atoms with Crippen molar-refractivity contribution in [3.8, 4) is 0 Å². The minimum Gasteiger partial charge on any atom is -0.122 e. The quantitative estimate of drug-likeness (QED) is 0.428. The first kappa shape index (κ1) is 5.43. The molecule has 0 heterocycles. The Hall–Kier alpha value is 0.290. The second-order valence-corrected chi connectivity index (χ2v) is 2.73. The summed E-state index contributed by atoms with van der Waals surface area (Å²) in [5.41, 5.74) is 0. The van der Waals surface area contributed by atoms with Gasteiger partial charge in [-0.1, -0.05) is 13.3 Å². The van der Waals surface area contributed by atoms with E-state index in [1.54, 1.807) is 0 Å². The molecule has 0 amide bonds. The van der Waals surface area contributed by atoms with Crippen molar-refractivity contribution in [1.82, 2.24) is 0 Å². The highest BCUT2D eigenvalue weighted by molar-refractivity contribution is 6.22. The van der Waals surface area contributed by atoms with E-state index in [-0.39, 0.29) is 0 Å². The minimum atomic E-state index is 0.403. The molecule has 0 spiro atoms. The van der Waals surface area contributed by atoms with Crippen LogP contribution >= 0.6 is 11.6 Å². The molecule has 1 radical (unpaired) electrons. The Kier molecular flexibility index (Phi) is 1.58. The van der Waals surface area contributed by atoms with Gasteiger partial charge in [-0.3, -0.25) is 0 Å². The van der Waals surface area contributed by atoms with Gasteiger partial charge in [0.2, 0.25) is 0 Å². The topological polar surface area (TPSA) is 0 Å². The average Bonchev–Trinajstić information content (AvgIpc) is 1.91. The second kappa shape index (κ2) is 2.04. The van der Waals surface area contributed by atoms with Crippen molar-refractivity contribution in [2.75, 3.05) is 0 Å². The minimum absolute atomic E-state index is 0.403. The highest BCUT2D eigenvalue weighted by Crippen LogP contribution is 2.30. The van der Waals surface area contributed by atoms with Crippen molar-refractivity contribution in [3.63, 3.8) is 0 Å². The molecule has 1 rings (SSSR count). The van der Waals surface area contributed by atoms with Crippen molar-refractivity contribution in [1.29, 1.82) is 0 Å². The first-order chi connectivity index (χ1) is 3.30. The highest BCUT2D eigenvalue weighted by atomic mass is 35.5. The molecule has 0 aliphatic heterocycles. The Bertz CT molecular complexity index is 53.2. The first-order valence-corrected chi connectivity index (χ1v) is 3.21. The average molecular weight is 118 g/mol. The van der Waals surface area contributed by atoms with E-state index >= 15 is 0 Å². The van der Waals surface area contributed by atoms with Crippen molar-refractivity contribution in [3.05, 3.63) is 5.92 Å². The van der Waals surface area contributed by atoms with Gasteiger partial charge in [0.25, 0.3) is 0 Å². The molecule has 0 bridgehead atoms. The Morgan fingerprint density at radius 1 is 1.71 bits per heavy atom. The summed E-state index contributed by atoms with van der Waals surface area (Å²) in [7, 11) is 0. The number of halogens is 1. The highest BCUT2D eigenvalue weighted by Gasteiger charge is 2.20. The zero-order valence-electron chi connectivity index (χ0n) is 4.58. The molecule has 0 nitrogen and oxygen atoms in total. The van der Waals surface area contributed by atoms with Gasteiger partial charge in [-0.2, -0.15) is 0 Å². The molecule has 1 fully saturated rings.